The fourth-order valence-corrected chi connectivity index (χ4v) is 4.08. The maximum atomic E-state index is 12.4. The lowest BCUT2D eigenvalue weighted by Crippen LogP contribution is -2.48. The first kappa shape index (κ1) is 17.4. The maximum absolute atomic E-state index is 12.4. The number of sulfonamides is 1. The molecule has 0 amide bonds. The van der Waals surface area contributed by atoms with Crippen LogP contribution in [0.4, 0.5) is 0 Å². The van der Waals surface area contributed by atoms with E-state index in [9.17, 15) is 8.42 Å². The van der Waals surface area contributed by atoms with Gasteiger partial charge in [-0.2, -0.15) is 0 Å². The Morgan fingerprint density at radius 2 is 1.68 bits per heavy atom. The standard InChI is InChI=1S/C17H28N2O2S/c1-14(2)17(19-11-5-4-6-12-19)13-18-22(20,21)16-9-7-15(3)8-10-16/h7-10,14,17-18H,4-6,11-13H2,1-3H3. The van der Waals surface area contributed by atoms with Gasteiger partial charge in [-0.1, -0.05) is 38.0 Å². The fraction of sp³-hybridized carbons (Fsp3) is 0.647. The van der Waals surface area contributed by atoms with Crippen molar-refractivity contribution in [2.75, 3.05) is 19.6 Å². The monoisotopic (exact) mass is 324 g/mol. The summed E-state index contributed by atoms with van der Waals surface area (Å²) in [6.07, 6.45) is 3.72. The van der Waals surface area contributed by atoms with Crippen molar-refractivity contribution in [1.29, 1.82) is 0 Å². The highest BCUT2D eigenvalue weighted by atomic mass is 32.2. The van der Waals surface area contributed by atoms with Gasteiger partial charge in [-0.15, -0.1) is 0 Å². The van der Waals surface area contributed by atoms with E-state index in [1.165, 1.54) is 19.3 Å². The fourth-order valence-electron chi connectivity index (χ4n) is 3.03. The molecule has 0 aromatic heterocycles. The quantitative estimate of drug-likeness (QED) is 0.875. The Balaban J connectivity index is 2.03. The highest BCUT2D eigenvalue weighted by Crippen LogP contribution is 2.18. The molecule has 0 radical (unpaired) electrons. The molecule has 1 aromatic rings. The molecular weight excluding hydrogens is 296 g/mol. The van der Waals surface area contributed by atoms with Crippen molar-refractivity contribution < 1.29 is 8.42 Å². The first-order valence-electron chi connectivity index (χ1n) is 8.20. The SMILES string of the molecule is Cc1ccc(S(=O)(=O)NCC(C(C)C)N2CCCCC2)cc1. The van der Waals surface area contributed by atoms with Crippen LogP contribution in [0.25, 0.3) is 0 Å². The minimum absolute atomic E-state index is 0.264. The topological polar surface area (TPSA) is 49.4 Å². The molecule has 1 aromatic carbocycles. The van der Waals surface area contributed by atoms with Crippen molar-refractivity contribution in [2.24, 2.45) is 5.92 Å². The van der Waals surface area contributed by atoms with E-state index in [0.717, 1.165) is 18.7 Å². The Bertz CT molecular complexity index is 561. The van der Waals surface area contributed by atoms with E-state index >= 15 is 0 Å². The predicted molar refractivity (Wildman–Crippen MR) is 90.4 cm³/mol. The Hall–Kier alpha value is -0.910. The van der Waals surface area contributed by atoms with E-state index in [1.807, 2.05) is 19.1 Å². The van der Waals surface area contributed by atoms with Crippen LogP contribution >= 0.6 is 0 Å². The first-order chi connectivity index (χ1) is 10.4. The van der Waals surface area contributed by atoms with Gasteiger partial charge in [0.15, 0.2) is 0 Å². The minimum atomic E-state index is -3.42. The number of benzene rings is 1. The smallest absolute Gasteiger partial charge is 0.240 e. The molecule has 1 N–H and O–H groups in total. The molecule has 1 aliphatic rings. The molecule has 1 heterocycles. The largest absolute Gasteiger partial charge is 0.299 e. The number of nitrogens with one attached hydrogen (secondary N) is 1. The zero-order valence-corrected chi connectivity index (χ0v) is 14.7. The number of aryl methyl sites for hydroxylation is 1. The van der Waals surface area contributed by atoms with Crippen molar-refractivity contribution >= 4 is 10.0 Å². The summed E-state index contributed by atoms with van der Waals surface area (Å²) >= 11 is 0. The summed E-state index contributed by atoms with van der Waals surface area (Å²) in [6, 6.07) is 7.27. The van der Waals surface area contributed by atoms with Gasteiger partial charge in [-0.25, -0.2) is 13.1 Å². The van der Waals surface area contributed by atoms with E-state index in [0.29, 0.717) is 17.4 Å². The van der Waals surface area contributed by atoms with Gasteiger partial charge in [0, 0.05) is 12.6 Å². The van der Waals surface area contributed by atoms with Gasteiger partial charge in [0.25, 0.3) is 0 Å². The van der Waals surface area contributed by atoms with Gasteiger partial charge in [0.2, 0.25) is 10.0 Å². The molecule has 1 saturated heterocycles. The lowest BCUT2D eigenvalue weighted by Gasteiger charge is -2.37. The molecule has 4 nitrogen and oxygen atoms in total. The summed E-state index contributed by atoms with van der Waals surface area (Å²) in [7, 11) is -3.42. The Labute approximate surface area is 135 Å². The van der Waals surface area contributed by atoms with Crippen LogP contribution in [0, 0.1) is 12.8 Å². The molecule has 1 aliphatic heterocycles. The zero-order chi connectivity index (χ0) is 16.2. The van der Waals surface area contributed by atoms with Gasteiger partial charge >= 0.3 is 0 Å². The van der Waals surface area contributed by atoms with Crippen molar-refractivity contribution in [1.82, 2.24) is 9.62 Å². The van der Waals surface area contributed by atoms with Crippen LogP contribution in [0.15, 0.2) is 29.2 Å². The summed E-state index contributed by atoms with van der Waals surface area (Å²) in [5.74, 6) is 0.429. The van der Waals surface area contributed by atoms with Gasteiger partial charge in [0.1, 0.15) is 0 Å². The highest BCUT2D eigenvalue weighted by Gasteiger charge is 2.25. The van der Waals surface area contributed by atoms with Crippen LogP contribution in [0.2, 0.25) is 0 Å². The molecule has 1 fully saturated rings. The molecule has 1 atom stereocenters. The van der Waals surface area contributed by atoms with Crippen LogP contribution in [-0.4, -0.2) is 39.0 Å². The highest BCUT2D eigenvalue weighted by molar-refractivity contribution is 7.89. The van der Waals surface area contributed by atoms with Crippen LogP contribution in [-0.2, 0) is 10.0 Å². The number of likely N-dealkylation sites (tertiary alicyclic amines) is 1. The number of hydrogen-bond donors (Lipinski definition) is 1. The van der Waals surface area contributed by atoms with E-state index < -0.39 is 10.0 Å². The second kappa shape index (κ2) is 7.57. The van der Waals surface area contributed by atoms with Crippen molar-refractivity contribution in [2.45, 2.75) is 51.0 Å². The Morgan fingerprint density at radius 1 is 1.09 bits per heavy atom. The molecule has 22 heavy (non-hydrogen) atoms. The van der Waals surface area contributed by atoms with Gasteiger partial charge < -0.3 is 0 Å². The molecule has 0 saturated carbocycles. The second-order valence-corrected chi connectivity index (χ2v) is 8.34. The lowest BCUT2D eigenvalue weighted by molar-refractivity contribution is 0.130. The summed E-state index contributed by atoms with van der Waals surface area (Å²) in [5.41, 5.74) is 1.06. The molecule has 2 rings (SSSR count). The van der Waals surface area contributed by atoms with Gasteiger partial charge in [-0.05, 0) is 50.9 Å². The predicted octanol–water partition coefficient (Wildman–Crippen LogP) is 2.78. The summed E-state index contributed by atoms with van der Waals surface area (Å²) in [5, 5.41) is 0. The Morgan fingerprint density at radius 3 is 2.23 bits per heavy atom. The van der Waals surface area contributed by atoms with Crippen molar-refractivity contribution in [3.63, 3.8) is 0 Å². The molecule has 0 spiro atoms. The van der Waals surface area contributed by atoms with Crippen LogP contribution < -0.4 is 4.72 Å². The van der Waals surface area contributed by atoms with E-state index in [4.69, 9.17) is 0 Å². The maximum Gasteiger partial charge on any atom is 0.240 e. The third kappa shape index (κ3) is 4.54. The summed E-state index contributed by atoms with van der Waals surface area (Å²) in [4.78, 5) is 2.78. The van der Waals surface area contributed by atoms with Gasteiger partial charge in [-0.3, -0.25) is 4.90 Å². The second-order valence-electron chi connectivity index (χ2n) is 6.57. The van der Waals surface area contributed by atoms with Crippen LogP contribution in [0.5, 0.6) is 0 Å². The number of piperidine rings is 1. The summed E-state index contributed by atoms with van der Waals surface area (Å²) in [6.45, 7) is 8.92. The summed E-state index contributed by atoms with van der Waals surface area (Å²) < 4.78 is 27.7. The van der Waals surface area contributed by atoms with E-state index in [1.54, 1.807) is 12.1 Å². The number of nitrogens with zero attached hydrogens (tertiary/aromatic N) is 1. The van der Waals surface area contributed by atoms with E-state index in [-0.39, 0.29) is 6.04 Å². The molecule has 124 valence electrons. The molecule has 1 unspecified atom stereocenters. The molecule has 0 aliphatic carbocycles. The van der Waals surface area contributed by atoms with E-state index in [2.05, 4.69) is 23.5 Å². The molecule has 0 bridgehead atoms. The molecule has 5 heteroatoms. The third-order valence-electron chi connectivity index (χ3n) is 4.44. The minimum Gasteiger partial charge on any atom is -0.299 e. The average molecular weight is 324 g/mol. The average Bonchev–Trinajstić information content (AvgIpc) is 2.48. The third-order valence-corrected chi connectivity index (χ3v) is 5.88. The number of rotatable bonds is 6. The first-order valence-corrected chi connectivity index (χ1v) is 9.69. The molecular formula is C17H28N2O2S. The van der Waals surface area contributed by atoms with Crippen molar-refractivity contribution in [3.8, 4) is 0 Å². The number of hydrogen-bond acceptors (Lipinski definition) is 3. The Kier molecular flexibility index (Phi) is 6.01. The van der Waals surface area contributed by atoms with Crippen LogP contribution in [0.1, 0.15) is 38.7 Å². The zero-order valence-electron chi connectivity index (χ0n) is 13.9. The van der Waals surface area contributed by atoms with Gasteiger partial charge in [0.05, 0.1) is 4.90 Å². The van der Waals surface area contributed by atoms with Crippen LogP contribution in [0.3, 0.4) is 0 Å². The lowest BCUT2D eigenvalue weighted by atomic mass is 9.99. The van der Waals surface area contributed by atoms with Crippen molar-refractivity contribution in [3.05, 3.63) is 29.8 Å². The normalized spacial score (nSPS) is 18.5.